The largest absolute Gasteiger partial charge is 0.350 e. The molecule has 0 aliphatic carbocycles. The molecule has 6 heteroatoms. The fourth-order valence-corrected chi connectivity index (χ4v) is 2.64. The summed E-state index contributed by atoms with van der Waals surface area (Å²) in [4.78, 5) is 8.92. The molecule has 0 radical (unpaired) electrons. The maximum Gasteiger partial charge on any atom is 0.223 e. The molecule has 0 spiro atoms. The Kier molecular flexibility index (Phi) is 3.47. The van der Waals surface area contributed by atoms with Crippen molar-refractivity contribution in [1.82, 2.24) is 19.7 Å². The van der Waals surface area contributed by atoms with E-state index < -0.39 is 0 Å². The fraction of sp³-hybridized carbons (Fsp3) is 0.214. The average Bonchev–Trinajstić information content (AvgIpc) is 3.09. The lowest BCUT2D eigenvalue weighted by atomic mass is 10.2. The lowest BCUT2D eigenvalue weighted by Crippen LogP contribution is -2.05. The van der Waals surface area contributed by atoms with Gasteiger partial charge in [-0.25, -0.2) is 9.97 Å². The smallest absolute Gasteiger partial charge is 0.223 e. The van der Waals surface area contributed by atoms with Crippen molar-refractivity contribution in [2.24, 2.45) is 7.05 Å². The highest BCUT2D eigenvalue weighted by atomic mass is 32.1. The quantitative estimate of drug-likeness (QED) is 0.801. The number of rotatable bonds is 4. The van der Waals surface area contributed by atoms with E-state index in [1.165, 1.54) is 5.56 Å². The molecule has 0 aliphatic rings. The lowest BCUT2D eigenvalue weighted by Gasteiger charge is -2.08. The Morgan fingerprint density at radius 2 is 2.25 bits per heavy atom. The van der Waals surface area contributed by atoms with Gasteiger partial charge in [0.1, 0.15) is 0 Å². The highest BCUT2D eigenvalue weighted by molar-refractivity contribution is 7.07. The predicted molar refractivity (Wildman–Crippen MR) is 80.6 cm³/mol. The van der Waals surface area contributed by atoms with E-state index in [-0.39, 0.29) is 0 Å². The molecule has 0 fully saturated rings. The zero-order valence-corrected chi connectivity index (χ0v) is 12.2. The van der Waals surface area contributed by atoms with Gasteiger partial charge in [0, 0.05) is 26.0 Å². The van der Waals surface area contributed by atoms with Gasteiger partial charge in [-0.15, -0.1) is 0 Å². The van der Waals surface area contributed by atoms with E-state index in [2.05, 4.69) is 37.2 Å². The van der Waals surface area contributed by atoms with Gasteiger partial charge in [-0.3, -0.25) is 4.68 Å². The number of anilines is 1. The summed E-state index contributed by atoms with van der Waals surface area (Å²) in [5.41, 5.74) is 4.17. The van der Waals surface area contributed by atoms with Crippen LogP contribution in [0.4, 0.5) is 5.95 Å². The fourth-order valence-electron chi connectivity index (χ4n) is 1.97. The standard InChI is InChI=1S/C14H15N5S/c1-10-7-15-14(16-8-11-4-6-20-9-11)18-13(10)12-3-5-17-19(12)2/h3-7,9H,8H2,1-2H3,(H,15,16,18). The maximum absolute atomic E-state index is 4.60. The number of hydrogen-bond donors (Lipinski definition) is 1. The summed E-state index contributed by atoms with van der Waals surface area (Å²) in [5.74, 6) is 0.637. The Morgan fingerprint density at radius 3 is 2.95 bits per heavy atom. The SMILES string of the molecule is Cc1cnc(NCc2ccsc2)nc1-c1ccnn1C. The van der Waals surface area contributed by atoms with Gasteiger partial charge in [0.25, 0.3) is 0 Å². The minimum Gasteiger partial charge on any atom is -0.350 e. The second-order valence-corrected chi connectivity index (χ2v) is 5.33. The minimum absolute atomic E-state index is 0.637. The molecular formula is C14H15N5S. The van der Waals surface area contributed by atoms with E-state index >= 15 is 0 Å². The third-order valence-electron chi connectivity index (χ3n) is 3.07. The third kappa shape index (κ3) is 2.55. The molecular weight excluding hydrogens is 270 g/mol. The number of aryl methyl sites for hydroxylation is 2. The van der Waals surface area contributed by atoms with Crippen molar-refractivity contribution in [3.05, 3.63) is 46.4 Å². The van der Waals surface area contributed by atoms with Crippen LogP contribution in [0.25, 0.3) is 11.4 Å². The topological polar surface area (TPSA) is 55.6 Å². The number of nitrogens with zero attached hydrogens (tertiary/aromatic N) is 4. The van der Waals surface area contributed by atoms with E-state index in [4.69, 9.17) is 0 Å². The molecule has 0 saturated carbocycles. The van der Waals surface area contributed by atoms with Crippen LogP contribution in [0, 0.1) is 6.92 Å². The Hall–Kier alpha value is -2.21. The first-order valence-electron chi connectivity index (χ1n) is 6.31. The Labute approximate surface area is 121 Å². The molecule has 0 unspecified atom stereocenters. The first-order valence-corrected chi connectivity index (χ1v) is 7.25. The molecule has 0 bridgehead atoms. The van der Waals surface area contributed by atoms with Crippen molar-refractivity contribution in [2.45, 2.75) is 13.5 Å². The molecule has 5 nitrogen and oxygen atoms in total. The molecule has 1 N–H and O–H groups in total. The lowest BCUT2D eigenvalue weighted by molar-refractivity contribution is 0.772. The van der Waals surface area contributed by atoms with Gasteiger partial charge in [0.2, 0.25) is 5.95 Å². The predicted octanol–water partition coefficient (Wildman–Crippen LogP) is 2.86. The maximum atomic E-state index is 4.60. The summed E-state index contributed by atoms with van der Waals surface area (Å²) in [5, 5.41) is 11.6. The molecule has 0 saturated heterocycles. The summed E-state index contributed by atoms with van der Waals surface area (Å²) < 4.78 is 1.82. The molecule has 0 aromatic carbocycles. The van der Waals surface area contributed by atoms with Gasteiger partial charge < -0.3 is 5.32 Å². The summed E-state index contributed by atoms with van der Waals surface area (Å²) in [6, 6.07) is 4.05. The van der Waals surface area contributed by atoms with Crippen molar-refractivity contribution < 1.29 is 0 Å². The molecule has 3 rings (SSSR count). The van der Waals surface area contributed by atoms with Crippen LogP contribution in [-0.4, -0.2) is 19.7 Å². The number of aromatic nitrogens is 4. The van der Waals surface area contributed by atoms with Crippen LogP contribution in [-0.2, 0) is 13.6 Å². The van der Waals surface area contributed by atoms with Crippen LogP contribution in [0.1, 0.15) is 11.1 Å². The Morgan fingerprint density at radius 1 is 1.35 bits per heavy atom. The second-order valence-electron chi connectivity index (χ2n) is 4.55. The van der Waals surface area contributed by atoms with Gasteiger partial charge in [-0.1, -0.05) is 0 Å². The second kappa shape index (κ2) is 5.42. The molecule has 0 aliphatic heterocycles. The Bertz CT molecular complexity index is 702. The van der Waals surface area contributed by atoms with Crippen LogP contribution < -0.4 is 5.32 Å². The summed E-state index contributed by atoms with van der Waals surface area (Å²) >= 11 is 1.69. The average molecular weight is 285 g/mol. The first-order chi connectivity index (χ1) is 9.74. The molecule has 0 atom stereocenters. The van der Waals surface area contributed by atoms with Crippen molar-refractivity contribution in [1.29, 1.82) is 0 Å². The van der Waals surface area contributed by atoms with Crippen LogP contribution in [0.3, 0.4) is 0 Å². The van der Waals surface area contributed by atoms with Gasteiger partial charge in [-0.2, -0.15) is 16.4 Å². The van der Waals surface area contributed by atoms with Crippen molar-refractivity contribution >= 4 is 17.3 Å². The van der Waals surface area contributed by atoms with E-state index in [0.717, 1.165) is 23.5 Å². The van der Waals surface area contributed by atoms with Crippen LogP contribution in [0.2, 0.25) is 0 Å². The number of nitrogens with one attached hydrogen (secondary N) is 1. The number of hydrogen-bond acceptors (Lipinski definition) is 5. The normalized spacial score (nSPS) is 10.7. The third-order valence-corrected chi connectivity index (χ3v) is 3.80. The van der Waals surface area contributed by atoms with Crippen LogP contribution >= 0.6 is 11.3 Å². The van der Waals surface area contributed by atoms with E-state index in [1.54, 1.807) is 17.5 Å². The van der Waals surface area contributed by atoms with Gasteiger partial charge in [-0.05, 0) is 40.9 Å². The molecule has 3 aromatic heterocycles. The molecule has 0 amide bonds. The molecule has 3 heterocycles. The van der Waals surface area contributed by atoms with E-state index in [9.17, 15) is 0 Å². The van der Waals surface area contributed by atoms with Crippen LogP contribution in [0.15, 0.2) is 35.3 Å². The summed E-state index contributed by atoms with van der Waals surface area (Å²) in [7, 11) is 1.91. The number of thiophene rings is 1. The molecule has 102 valence electrons. The van der Waals surface area contributed by atoms with Gasteiger partial charge in [0.15, 0.2) is 0 Å². The zero-order valence-electron chi connectivity index (χ0n) is 11.4. The minimum atomic E-state index is 0.637. The van der Waals surface area contributed by atoms with Gasteiger partial charge in [0.05, 0.1) is 11.4 Å². The van der Waals surface area contributed by atoms with Crippen molar-refractivity contribution in [3.63, 3.8) is 0 Å². The first kappa shape index (κ1) is 12.8. The van der Waals surface area contributed by atoms with E-state index in [0.29, 0.717) is 5.95 Å². The van der Waals surface area contributed by atoms with Crippen molar-refractivity contribution in [3.8, 4) is 11.4 Å². The zero-order chi connectivity index (χ0) is 13.9. The summed E-state index contributed by atoms with van der Waals surface area (Å²) in [6.45, 7) is 2.74. The summed E-state index contributed by atoms with van der Waals surface area (Å²) in [6.07, 6.45) is 3.61. The van der Waals surface area contributed by atoms with Crippen molar-refractivity contribution in [2.75, 3.05) is 5.32 Å². The highest BCUT2D eigenvalue weighted by Gasteiger charge is 2.09. The molecule has 20 heavy (non-hydrogen) atoms. The molecule has 3 aromatic rings. The Balaban J connectivity index is 1.85. The van der Waals surface area contributed by atoms with Crippen LogP contribution in [0.5, 0.6) is 0 Å². The van der Waals surface area contributed by atoms with E-state index in [1.807, 2.05) is 30.9 Å². The van der Waals surface area contributed by atoms with Gasteiger partial charge >= 0.3 is 0 Å². The monoisotopic (exact) mass is 285 g/mol. The highest BCUT2D eigenvalue weighted by Crippen LogP contribution is 2.21.